The van der Waals surface area contributed by atoms with Crippen LogP contribution in [-0.4, -0.2) is 23.8 Å². The molecule has 5 nitrogen and oxygen atoms in total. The van der Waals surface area contributed by atoms with Crippen molar-refractivity contribution in [1.29, 1.82) is 0 Å². The Morgan fingerprint density at radius 1 is 1.45 bits per heavy atom. The molecule has 0 saturated carbocycles. The molecule has 1 heterocycles. The number of rotatable bonds is 6. The molecular weight excluding hydrogens is 276 g/mol. The maximum Gasteiger partial charge on any atom is 0.330 e. The lowest BCUT2D eigenvalue weighted by molar-refractivity contribution is -0.147. The average molecular weight is 292 g/mol. The molecule has 1 aromatic carbocycles. The molecule has 6 heteroatoms. The van der Waals surface area contributed by atoms with E-state index in [1.807, 2.05) is 30.3 Å². The molecule has 0 aliphatic carbocycles. The largest absolute Gasteiger partial charge is 0.467 e. The number of nitrogens with zero attached hydrogens (tertiary/aromatic N) is 1. The maximum absolute atomic E-state index is 12.0. The van der Waals surface area contributed by atoms with Crippen LogP contribution in [0.4, 0.5) is 0 Å². The number of benzene rings is 1. The van der Waals surface area contributed by atoms with Crippen molar-refractivity contribution in [2.24, 2.45) is 5.73 Å². The number of aromatic nitrogens is 1. The highest BCUT2D eigenvalue weighted by atomic mass is 32.2. The average Bonchev–Trinajstić information content (AvgIpc) is 3.00. The lowest BCUT2D eigenvalue weighted by Gasteiger charge is -2.26. The number of methoxy groups -OCH3 is 1. The van der Waals surface area contributed by atoms with E-state index < -0.39 is 11.5 Å². The quantitative estimate of drug-likeness (QED) is 0.649. The molecule has 2 aromatic rings. The first kappa shape index (κ1) is 14.6. The van der Waals surface area contributed by atoms with Gasteiger partial charge >= 0.3 is 5.97 Å². The summed E-state index contributed by atoms with van der Waals surface area (Å²) in [5.74, 6) is 0.151. The van der Waals surface area contributed by atoms with Crippen LogP contribution in [0.1, 0.15) is 12.0 Å². The Balaban J connectivity index is 2.09. The van der Waals surface area contributed by atoms with Crippen LogP contribution in [0.3, 0.4) is 0 Å². The van der Waals surface area contributed by atoms with Crippen LogP contribution in [0.5, 0.6) is 0 Å². The highest BCUT2D eigenvalue weighted by Crippen LogP contribution is 2.27. The Kier molecular flexibility index (Phi) is 4.81. The maximum atomic E-state index is 12.0. The summed E-state index contributed by atoms with van der Waals surface area (Å²) in [6, 6.07) is 9.23. The fourth-order valence-corrected chi connectivity index (χ4v) is 2.72. The number of nitrogens with two attached hydrogens (primary N) is 1. The molecule has 0 saturated heterocycles. The molecule has 0 amide bonds. The molecule has 20 heavy (non-hydrogen) atoms. The van der Waals surface area contributed by atoms with Crippen molar-refractivity contribution in [3.8, 4) is 0 Å². The minimum absolute atomic E-state index is 0.427. The van der Waals surface area contributed by atoms with Gasteiger partial charge < -0.3 is 14.9 Å². The summed E-state index contributed by atoms with van der Waals surface area (Å²) in [6.07, 6.45) is 3.52. The van der Waals surface area contributed by atoms with Gasteiger partial charge in [-0.25, -0.2) is 9.78 Å². The molecule has 0 bridgehead atoms. The number of hydrogen-bond donors (Lipinski definition) is 1. The van der Waals surface area contributed by atoms with Crippen molar-refractivity contribution in [2.75, 3.05) is 12.9 Å². The molecular formula is C14H16N2O3S. The van der Waals surface area contributed by atoms with Gasteiger partial charge in [0.25, 0.3) is 5.22 Å². The van der Waals surface area contributed by atoms with Gasteiger partial charge in [-0.15, -0.1) is 0 Å². The van der Waals surface area contributed by atoms with E-state index in [1.54, 1.807) is 6.20 Å². The Labute approximate surface area is 121 Å². The summed E-state index contributed by atoms with van der Waals surface area (Å²) in [6.45, 7) is 0. The normalized spacial score (nSPS) is 13.7. The van der Waals surface area contributed by atoms with E-state index in [9.17, 15) is 4.79 Å². The molecule has 1 unspecified atom stereocenters. The molecule has 0 aliphatic rings. The van der Waals surface area contributed by atoms with E-state index in [0.717, 1.165) is 5.56 Å². The van der Waals surface area contributed by atoms with Crippen LogP contribution < -0.4 is 5.73 Å². The van der Waals surface area contributed by atoms with E-state index in [4.69, 9.17) is 14.9 Å². The molecule has 0 fully saturated rings. The number of ether oxygens (including phenoxy) is 1. The molecule has 0 radical (unpaired) electrons. The van der Waals surface area contributed by atoms with Crippen LogP contribution in [0, 0.1) is 0 Å². The van der Waals surface area contributed by atoms with Gasteiger partial charge in [0.1, 0.15) is 11.8 Å². The van der Waals surface area contributed by atoms with Crippen molar-refractivity contribution in [3.63, 3.8) is 0 Å². The number of esters is 1. The third-order valence-corrected chi connectivity index (χ3v) is 3.83. The van der Waals surface area contributed by atoms with Gasteiger partial charge in [-0.3, -0.25) is 0 Å². The third-order valence-electron chi connectivity index (χ3n) is 2.97. The molecule has 1 atom stereocenters. The van der Waals surface area contributed by atoms with E-state index in [-0.39, 0.29) is 0 Å². The van der Waals surface area contributed by atoms with Gasteiger partial charge in [0.15, 0.2) is 0 Å². The zero-order valence-corrected chi connectivity index (χ0v) is 11.9. The van der Waals surface area contributed by atoms with Gasteiger partial charge in [0.2, 0.25) is 0 Å². The van der Waals surface area contributed by atoms with Crippen LogP contribution in [-0.2, 0) is 15.1 Å². The van der Waals surface area contributed by atoms with Gasteiger partial charge in [-0.1, -0.05) is 42.1 Å². The van der Waals surface area contributed by atoms with Crippen molar-refractivity contribution in [3.05, 3.63) is 48.4 Å². The van der Waals surface area contributed by atoms with Gasteiger partial charge in [0.05, 0.1) is 13.3 Å². The summed E-state index contributed by atoms with van der Waals surface area (Å²) in [5, 5.41) is 0.560. The monoisotopic (exact) mass is 292 g/mol. The van der Waals surface area contributed by atoms with E-state index >= 15 is 0 Å². The first-order chi connectivity index (χ1) is 9.66. The molecule has 2 rings (SSSR count). The Bertz CT molecular complexity index is 545. The Morgan fingerprint density at radius 3 is 2.80 bits per heavy atom. The van der Waals surface area contributed by atoms with Crippen molar-refractivity contribution < 1.29 is 13.9 Å². The highest BCUT2D eigenvalue weighted by molar-refractivity contribution is 7.99. The summed E-state index contributed by atoms with van der Waals surface area (Å²) in [4.78, 5) is 16.0. The minimum Gasteiger partial charge on any atom is -0.467 e. The standard InChI is InChI=1S/C14H16N2O3S/c1-18-12(17)14(15,11-5-3-2-4-6-11)7-10-20-13-16-8-9-19-13/h2-6,8-9H,7,10,15H2,1H3. The van der Waals surface area contributed by atoms with Crippen LogP contribution in [0.2, 0.25) is 0 Å². The van der Waals surface area contributed by atoms with Gasteiger partial charge in [-0.2, -0.15) is 0 Å². The molecule has 0 spiro atoms. The number of hydrogen-bond acceptors (Lipinski definition) is 6. The predicted octanol–water partition coefficient (Wildman–Crippen LogP) is 2.18. The second kappa shape index (κ2) is 6.58. The SMILES string of the molecule is COC(=O)C(N)(CCSc1ncco1)c1ccccc1. The van der Waals surface area contributed by atoms with E-state index in [1.165, 1.54) is 25.1 Å². The number of carbonyl (C=O) groups is 1. The van der Waals surface area contributed by atoms with Gasteiger partial charge in [-0.05, 0) is 12.0 Å². The predicted molar refractivity (Wildman–Crippen MR) is 76.2 cm³/mol. The minimum atomic E-state index is -1.16. The number of oxazole rings is 1. The molecule has 106 valence electrons. The van der Waals surface area contributed by atoms with E-state index in [0.29, 0.717) is 17.4 Å². The first-order valence-electron chi connectivity index (χ1n) is 6.12. The van der Waals surface area contributed by atoms with Crippen LogP contribution in [0.25, 0.3) is 0 Å². The topological polar surface area (TPSA) is 78.4 Å². The van der Waals surface area contributed by atoms with Crippen molar-refractivity contribution in [1.82, 2.24) is 4.98 Å². The summed E-state index contributed by atoms with van der Waals surface area (Å²) in [7, 11) is 1.34. The summed E-state index contributed by atoms with van der Waals surface area (Å²) < 4.78 is 9.98. The zero-order valence-electron chi connectivity index (χ0n) is 11.1. The molecule has 1 aromatic heterocycles. The van der Waals surface area contributed by atoms with Crippen molar-refractivity contribution >= 4 is 17.7 Å². The fraction of sp³-hybridized carbons (Fsp3) is 0.286. The number of carbonyl (C=O) groups excluding carboxylic acids is 1. The molecule has 0 aliphatic heterocycles. The van der Waals surface area contributed by atoms with E-state index in [2.05, 4.69) is 4.98 Å². The third kappa shape index (κ3) is 3.20. The van der Waals surface area contributed by atoms with Gasteiger partial charge in [0, 0.05) is 5.75 Å². The second-order valence-corrected chi connectivity index (χ2v) is 5.27. The molecule has 2 N–H and O–H groups in total. The lowest BCUT2D eigenvalue weighted by Crippen LogP contribution is -2.46. The Hall–Kier alpha value is -1.79. The smallest absolute Gasteiger partial charge is 0.330 e. The van der Waals surface area contributed by atoms with Crippen LogP contribution in [0.15, 0.2) is 52.4 Å². The first-order valence-corrected chi connectivity index (χ1v) is 7.10. The lowest BCUT2D eigenvalue weighted by atomic mass is 9.88. The fourth-order valence-electron chi connectivity index (χ4n) is 1.86. The second-order valence-electron chi connectivity index (χ2n) is 4.23. The highest BCUT2D eigenvalue weighted by Gasteiger charge is 2.36. The number of thioether (sulfide) groups is 1. The summed E-state index contributed by atoms with van der Waals surface area (Å²) >= 11 is 1.41. The zero-order chi connectivity index (χ0) is 14.4. The van der Waals surface area contributed by atoms with Crippen molar-refractivity contribution in [2.45, 2.75) is 17.2 Å². The summed E-state index contributed by atoms with van der Waals surface area (Å²) in [5.41, 5.74) is 5.85. The van der Waals surface area contributed by atoms with Crippen LogP contribution >= 0.6 is 11.8 Å². The Morgan fingerprint density at radius 2 is 2.20 bits per heavy atom.